The lowest BCUT2D eigenvalue weighted by Crippen LogP contribution is -2.17. The molecule has 0 radical (unpaired) electrons. The Morgan fingerprint density at radius 2 is 1.81 bits per heavy atom. The smallest absolute Gasteiger partial charge is 0.406 e. The van der Waals surface area contributed by atoms with Gasteiger partial charge in [-0.2, -0.15) is 0 Å². The third kappa shape index (κ3) is 3.95. The highest BCUT2D eigenvalue weighted by molar-refractivity contribution is 6.67. The van der Waals surface area contributed by atoms with Crippen LogP contribution in [0.15, 0.2) is 42.5 Å². The highest BCUT2D eigenvalue weighted by Gasteiger charge is 2.31. The van der Waals surface area contributed by atoms with Gasteiger partial charge in [0.25, 0.3) is 5.24 Å². The van der Waals surface area contributed by atoms with Crippen molar-refractivity contribution in [3.63, 3.8) is 0 Å². The highest BCUT2D eigenvalue weighted by atomic mass is 35.5. The zero-order chi connectivity index (χ0) is 15.6. The van der Waals surface area contributed by atoms with Crippen molar-refractivity contribution in [2.24, 2.45) is 0 Å². The third-order valence-electron chi connectivity index (χ3n) is 2.57. The number of hydrogen-bond donors (Lipinski definition) is 0. The molecule has 0 unspecified atom stereocenters. The van der Waals surface area contributed by atoms with Crippen LogP contribution in [0.1, 0.15) is 10.4 Å². The second-order valence-corrected chi connectivity index (χ2v) is 4.39. The molecule has 0 heterocycles. The molecule has 21 heavy (non-hydrogen) atoms. The Morgan fingerprint density at radius 1 is 1.10 bits per heavy atom. The van der Waals surface area contributed by atoms with E-state index in [1.54, 1.807) is 0 Å². The van der Waals surface area contributed by atoms with Crippen molar-refractivity contribution in [2.45, 2.75) is 6.36 Å². The molecule has 0 aliphatic heterocycles. The Hall–Kier alpha value is -2.08. The maximum atomic E-state index is 13.9. The molecule has 0 fully saturated rings. The molecular formula is C14H7ClF4O2. The van der Waals surface area contributed by atoms with Gasteiger partial charge in [0.15, 0.2) is 0 Å². The van der Waals surface area contributed by atoms with E-state index in [2.05, 4.69) is 4.74 Å². The van der Waals surface area contributed by atoms with Crippen LogP contribution in [0.5, 0.6) is 5.75 Å². The summed E-state index contributed by atoms with van der Waals surface area (Å²) in [6.45, 7) is 0. The van der Waals surface area contributed by atoms with E-state index in [9.17, 15) is 22.4 Å². The summed E-state index contributed by atoms with van der Waals surface area (Å²) in [6.07, 6.45) is -4.83. The van der Waals surface area contributed by atoms with E-state index < -0.39 is 23.2 Å². The number of ether oxygens (including phenoxy) is 1. The number of carbonyl (C=O) groups excluding carboxylic acids is 1. The van der Waals surface area contributed by atoms with Crippen LogP contribution in [-0.4, -0.2) is 11.6 Å². The van der Waals surface area contributed by atoms with Crippen LogP contribution in [0.2, 0.25) is 0 Å². The summed E-state index contributed by atoms with van der Waals surface area (Å²) in [4.78, 5) is 10.9. The molecule has 2 rings (SSSR count). The van der Waals surface area contributed by atoms with Gasteiger partial charge in [-0.3, -0.25) is 4.79 Å². The molecule has 110 valence electrons. The van der Waals surface area contributed by atoms with Gasteiger partial charge in [-0.25, -0.2) is 4.39 Å². The summed E-state index contributed by atoms with van der Waals surface area (Å²) in [7, 11) is 0. The standard InChI is InChI=1S/C14H7ClF4O2/c15-13(20)9-4-5-11(12(16)7-9)8-2-1-3-10(6-8)21-14(17,18)19/h1-7H. The average Bonchev–Trinajstić information content (AvgIpc) is 2.36. The Labute approximate surface area is 121 Å². The Balaban J connectivity index is 2.38. The van der Waals surface area contributed by atoms with E-state index in [0.29, 0.717) is 0 Å². The maximum Gasteiger partial charge on any atom is 0.573 e. The molecular weight excluding hydrogens is 312 g/mol. The van der Waals surface area contributed by atoms with E-state index in [1.807, 2.05) is 0 Å². The lowest BCUT2D eigenvalue weighted by atomic mass is 10.0. The summed E-state index contributed by atoms with van der Waals surface area (Å²) in [6, 6.07) is 8.34. The average molecular weight is 319 g/mol. The lowest BCUT2D eigenvalue weighted by molar-refractivity contribution is -0.274. The first kappa shape index (κ1) is 15.3. The Kier molecular flexibility index (Phi) is 4.18. The molecule has 0 aliphatic carbocycles. The van der Waals surface area contributed by atoms with Crippen LogP contribution in [0.25, 0.3) is 11.1 Å². The van der Waals surface area contributed by atoms with Crippen molar-refractivity contribution in [2.75, 3.05) is 0 Å². The molecule has 0 aromatic heterocycles. The fraction of sp³-hybridized carbons (Fsp3) is 0.0714. The van der Waals surface area contributed by atoms with E-state index in [4.69, 9.17) is 11.6 Å². The molecule has 0 amide bonds. The summed E-state index contributed by atoms with van der Waals surface area (Å²) in [5.74, 6) is -1.23. The SMILES string of the molecule is O=C(Cl)c1ccc(-c2cccc(OC(F)(F)F)c2)c(F)c1. The highest BCUT2D eigenvalue weighted by Crippen LogP contribution is 2.29. The van der Waals surface area contributed by atoms with Crippen molar-refractivity contribution in [3.8, 4) is 16.9 Å². The molecule has 0 bridgehead atoms. The molecule has 7 heteroatoms. The molecule has 0 spiro atoms. The van der Waals surface area contributed by atoms with Crippen molar-refractivity contribution in [1.29, 1.82) is 0 Å². The minimum absolute atomic E-state index is 0.0318. The number of alkyl halides is 3. The Morgan fingerprint density at radius 3 is 2.38 bits per heavy atom. The fourth-order valence-electron chi connectivity index (χ4n) is 1.73. The predicted molar refractivity (Wildman–Crippen MR) is 68.7 cm³/mol. The van der Waals surface area contributed by atoms with Gasteiger partial charge in [0.2, 0.25) is 0 Å². The van der Waals surface area contributed by atoms with E-state index in [-0.39, 0.29) is 16.7 Å². The molecule has 0 saturated carbocycles. The fourth-order valence-corrected chi connectivity index (χ4v) is 1.85. The monoisotopic (exact) mass is 318 g/mol. The number of halogens is 5. The first-order chi connectivity index (χ1) is 9.76. The quantitative estimate of drug-likeness (QED) is 0.602. The zero-order valence-corrected chi connectivity index (χ0v) is 11.0. The van der Waals surface area contributed by atoms with E-state index in [0.717, 1.165) is 18.2 Å². The topological polar surface area (TPSA) is 26.3 Å². The van der Waals surface area contributed by atoms with Crippen LogP contribution < -0.4 is 4.74 Å². The molecule has 2 aromatic carbocycles. The van der Waals surface area contributed by atoms with Crippen LogP contribution in [-0.2, 0) is 0 Å². The first-order valence-corrected chi connectivity index (χ1v) is 5.99. The van der Waals surface area contributed by atoms with Crippen LogP contribution in [0.3, 0.4) is 0 Å². The second kappa shape index (κ2) is 5.73. The number of benzene rings is 2. The minimum Gasteiger partial charge on any atom is -0.406 e. The first-order valence-electron chi connectivity index (χ1n) is 5.62. The van der Waals surface area contributed by atoms with Gasteiger partial charge in [-0.15, -0.1) is 13.2 Å². The summed E-state index contributed by atoms with van der Waals surface area (Å²) in [5, 5.41) is -0.824. The molecule has 2 nitrogen and oxygen atoms in total. The molecule has 2 aromatic rings. The summed E-state index contributed by atoms with van der Waals surface area (Å²) >= 11 is 5.22. The zero-order valence-electron chi connectivity index (χ0n) is 10.2. The largest absolute Gasteiger partial charge is 0.573 e. The van der Waals surface area contributed by atoms with Gasteiger partial charge in [-0.1, -0.05) is 18.2 Å². The molecule has 0 saturated heterocycles. The van der Waals surface area contributed by atoms with Crippen LogP contribution in [0.4, 0.5) is 17.6 Å². The summed E-state index contributed by atoms with van der Waals surface area (Å²) in [5.41, 5.74) is 0.174. The van der Waals surface area contributed by atoms with Crippen molar-refractivity contribution >= 4 is 16.8 Å². The molecule has 0 aliphatic rings. The van der Waals surface area contributed by atoms with E-state index >= 15 is 0 Å². The normalized spacial score (nSPS) is 11.3. The maximum absolute atomic E-state index is 13.9. The van der Waals surface area contributed by atoms with Crippen LogP contribution >= 0.6 is 11.6 Å². The van der Waals surface area contributed by atoms with Gasteiger partial charge in [-0.05, 0) is 41.4 Å². The van der Waals surface area contributed by atoms with Gasteiger partial charge < -0.3 is 4.74 Å². The van der Waals surface area contributed by atoms with Crippen LogP contribution in [0, 0.1) is 5.82 Å². The van der Waals surface area contributed by atoms with Crippen molar-refractivity contribution in [1.82, 2.24) is 0 Å². The number of rotatable bonds is 3. The predicted octanol–water partition coefficient (Wildman–Crippen LogP) is 4.77. The van der Waals surface area contributed by atoms with Crippen molar-refractivity contribution < 1.29 is 27.1 Å². The number of carbonyl (C=O) groups is 1. The number of hydrogen-bond acceptors (Lipinski definition) is 2. The van der Waals surface area contributed by atoms with Gasteiger partial charge >= 0.3 is 6.36 Å². The van der Waals surface area contributed by atoms with Gasteiger partial charge in [0.1, 0.15) is 11.6 Å². The third-order valence-corrected chi connectivity index (χ3v) is 2.79. The summed E-state index contributed by atoms with van der Waals surface area (Å²) < 4.78 is 54.1. The van der Waals surface area contributed by atoms with Gasteiger partial charge in [0.05, 0.1) is 0 Å². The van der Waals surface area contributed by atoms with Gasteiger partial charge in [0, 0.05) is 11.1 Å². The molecule has 0 atom stereocenters. The second-order valence-electron chi connectivity index (χ2n) is 4.04. The Bertz CT molecular complexity index is 683. The van der Waals surface area contributed by atoms with E-state index in [1.165, 1.54) is 24.3 Å². The lowest BCUT2D eigenvalue weighted by Gasteiger charge is -2.10. The minimum atomic E-state index is -4.83. The van der Waals surface area contributed by atoms with Crippen molar-refractivity contribution in [3.05, 3.63) is 53.8 Å². The molecule has 0 N–H and O–H groups in total.